The van der Waals surface area contributed by atoms with Crippen LogP contribution in [0.15, 0.2) is 59.0 Å². The molecule has 1 N–H and O–H groups in total. The fourth-order valence-corrected chi connectivity index (χ4v) is 3.30. The summed E-state index contributed by atoms with van der Waals surface area (Å²) in [6.45, 7) is 1.93. The molecule has 29 heavy (non-hydrogen) atoms. The standard InChI is InChI=1S/C22H21N3O4/c1-14-16(24-22(28-14)15-8-4-3-5-9-15)12-20(26)25-13-19(21(27)23-2)29-18-11-7-6-10-17(18)25/h3-11,19H,12-13H2,1-2H3,(H,23,27). The van der Waals surface area contributed by atoms with E-state index in [4.69, 9.17) is 9.15 Å². The van der Waals surface area contributed by atoms with E-state index in [2.05, 4.69) is 10.3 Å². The molecule has 0 saturated carbocycles. The van der Waals surface area contributed by atoms with Crippen molar-refractivity contribution in [2.24, 2.45) is 0 Å². The molecule has 2 heterocycles. The van der Waals surface area contributed by atoms with Crippen molar-refractivity contribution in [3.05, 3.63) is 66.1 Å². The maximum atomic E-state index is 13.1. The number of carbonyl (C=O) groups excluding carboxylic acids is 2. The Labute approximate surface area is 168 Å². The summed E-state index contributed by atoms with van der Waals surface area (Å²) in [6.07, 6.45) is -0.700. The van der Waals surface area contributed by atoms with Crippen LogP contribution in [-0.2, 0) is 16.0 Å². The molecule has 2 aromatic carbocycles. The van der Waals surface area contributed by atoms with Crippen LogP contribution in [0.1, 0.15) is 11.5 Å². The molecule has 7 nitrogen and oxygen atoms in total. The second-order valence-electron chi connectivity index (χ2n) is 6.76. The topological polar surface area (TPSA) is 84.7 Å². The van der Waals surface area contributed by atoms with Gasteiger partial charge in [0, 0.05) is 12.6 Å². The fourth-order valence-electron chi connectivity index (χ4n) is 3.30. The Kier molecular flexibility index (Phi) is 5.03. The Morgan fingerprint density at radius 2 is 1.86 bits per heavy atom. The maximum absolute atomic E-state index is 13.1. The molecule has 0 bridgehead atoms. The summed E-state index contributed by atoms with van der Waals surface area (Å²) in [5.41, 5.74) is 2.07. The molecule has 1 aromatic heterocycles. The predicted octanol–water partition coefficient (Wildman–Crippen LogP) is 2.73. The monoisotopic (exact) mass is 391 g/mol. The van der Waals surface area contributed by atoms with E-state index in [1.165, 1.54) is 0 Å². The number of likely N-dealkylation sites (N-methyl/N-ethyl adjacent to an activating group) is 1. The van der Waals surface area contributed by atoms with Crippen LogP contribution in [0.4, 0.5) is 5.69 Å². The van der Waals surface area contributed by atoms with Gasteiger partial charge >= 0.3 is 0 Å². The second-order valence-corrected chi connectivity index (χ2v) is 6.76. The molecule has 0 spiro atoms. The van der Waals surface area contributed by atoms with Crippen LogP contribution in [0.5, 0.6) is 5.75 Å². The van der Waals surface area contributed by atoms with Gasteiger partial charge in [0.25, 0.3) is 5.91 Å². The first kappa shape index (κ1) is 18.7. The van der Waals surface area contributed by atoms with Gasteiger partial charge in [-0.05, 0) is 31.2 Å². The van der Waals surface area contributed by atoms with Crippen LogP contribution in [0.25, 0.3) is 11.5 Å². The Bertz CT molecular complexity index is 1050. The van der Waals surface area contributed by atoms with Crippen LogP contribution in [0.2, 0.25) is 0 Å². The van der Waals surface area contributed by atoms with Gasteiger partial charge in [-0.25, -0.2) is 4.98 Å². The molecular weight excluding hydrogens is 370 g/mol. The lowest BCUT2D eigenvalue weighted by atomic mass is 10.1. The number of aryl methyl sites for hydroxylation is 1. The SMILES string of the molecule is CNC(=O)C1CN(C(=O)Cc2nc(-c3ccccc3)oc2C)c2ccccc2O1. The van der Waals surface area contributed by atoms with Crippen LogP contribution in [0.3, 0.4) is 0 Å². The average molecular weight is 391 g/mol. The van der Waals surface area contributed by atoms with E-state index < -0.39 is 6.10 Å². The van der Waals surface area contributed by atoms with Crippen molar-refractivity contribution in [2.45, 2.75) is 19.4 Å². The van der Waals surface area contributed by atoms with Crippen LogP contribution in [0, 0.1) is 6.92 Å². The number of hydrogen-bond acceptors (Lipinski definition) is 5. The first-order chi connectivity index (χ1) is 14.1. The molecule has 1 aliphatic heterocycles. The number of fused-ring (bicyclic) bond motifs is 1. The maximum Gasteiger partial charge on any atom is 0.262 e. The van der Waals surface area contributed by atoms with Crippen LogP contribution in [-0.4, -0.2) is 36.5 Å². The molecule has 0 aliphatic carbocycles. The van der Waals surface area contributed by atoms with Gasteiger partial charge in [0.05, 0.1) is 24.3 Å². The van der Waals surface area contributed by atoms with Crippen molar-refractivity contribution in [2.75, 3.05) is 18.5 Å². The van der Waals surface area contributed by atoms with Gasteiger partial charge in [0.1, 0.15) is 11.5 Å². The number of anilines is 1. The third kappa shape index (κ3) is 3.71. The Hall–Kier alpha value is -3.61. The summed E-state index contributed by atoms with van der Waals surface area (Å²) >= 11 is 0. The van der Waals surface area contributed by atoms with Crippen molar-refractivity contribution >= 4 is 17.5 Å². The van der Waals surface area contributed by atoms with Gasteiger partial charge < -0.3 is 19.4 Å². The summed E-state index contributed by atoms with van der Waals surface area (Å²) < 4.78 is 11.5. The van der Waals surface area contributed by atoms with Gasteiger partial charge in [0.15, 0.2) is 6.10 Å². The molecule has 0 fully saturated rings. The molecule has 3 aromatic rings. The minimum absolute atomic E-state index is 0.0664. The van der Waals surface area contributed by atoms with Crippen molar-refractivity contribution in [1.82, 2.24) is 10.3 Å². The molecule has 2 amide bonds. The second kappa shape index (κ2) is 7.79. The fraction of sp³-hybridized carbons (Fsp3) is 0.227. The number of ether oxygens (including phenoxy) is 1. The van der Waals surface area contributed by atoms with E-state index in [1.807, 2.05) is 42.5 Å². The Morgan fingerprint density at radius 1 is 1.14 bits per heavy atom. The van der Waals surface area contributed by atoms with Crippen molar-refractivity contribution in [3.63, 3.8) is 0 Å². The smallest absolute Gasteiger partial charge is 0.262 e. The van der Waals surface area contributed by atoms with Gasteiger partial charge in [0.2, 0.25) is 11.8 Å². The molecule has 1 unspecified atom stereocenters. The first-order valence-corrected chi connectivity index (χ1v) is 9.36. The molecule has 1 atom stereocenters. The highest BCUT2D eigenvalue weighted by Gasteiger charge is 2.33. The van der Waals surface area contributed by atoms with Crippen molar-refractivity contribution in [3.8, 4) is 17.2 Å². The van der Waals surface area contributed by atoms with Crippen LogP contribution >= 0.6 is 0 Å². The summed E-state index contributed by atoms with van der Waals surface area (Å²) in [6, 6.07) is 16.7. The zero-order valence-corrected chi connectivity index (χ0v) is 16.2. The number of amides is 2. The zero-order valence-electron chi connectivity index (χ0n) is 16.2. The number of rotatable bonds is 4. The molecule has 0 saturated heterocycles. The van der Waals surface area contributed by atoms with Crippen molar-refractivity contribution in [1.29, 1.82) is 0 Å². The summed E-state index contributed by atoms with van der Waals surface area (Å²) in [5.74, 6) is 1.13. The third-order valence-corrected chi connectivity index (χ3v) is 4.85. The zero-order chi connectivity index (χ0) is 20.4. The highest BCUT2D eigenvalue weighted by Crippen LogP contribution is 2.34. The lowest BCUT2D eigenvalue weighted by Gasteiger charge is -2.34. The average Bonchev–Trinajstić information content (AvgIpc) is 3.13. The number of nitrogens with one attached hydrogen (secondary N) is 1. The highest BCUT2D eigenvalue weighted by molar-refractivity contribution is 5.98. The summed E-state index contributed by atoms with van der Waals surface area (Å²) in [5, 5.41) is 2.58. The molecular formula is C22H21N3O4. The number of aromatic nitrogens is 1. The van der Waals surface area contributed by atoms with E-state index in [9.17, 15) is 9.59 Å². The van der Waals surface area contributed by atoms with Gasteiger partial charge in [-0.15, -0.1) is 0 Å². The van der Waals surface area contributed by atoms with E-state index in [0.717, 1.165) is 5.56 Å². The van der Waals surface area contributed by atoms with Gasteiger partial charge in [-0.2, -0.15) is 0 Å². The number of hydrogen-bond donors (Lipinski definition) is 1. The normalized spacial score (nSPS) is 15.4. The Balaban J connectivity index is 1.60. The van der Waals surface area contributed by atoms with Crippen molar-refractivity contribution < 1.29 is 18.7 Å². The first-order valence-electron chi connectivity index (χ1n) is 9.36. The molecule has 0 radical (unpaired) electrons. The molecule has 7 heteroatoms. The lowest BCUT2D eigenvalue weighted by molar-refractivity contribution is -0.127. The Morgan fingerprint density at radius 3 is 2.62 bits per heavy atom. The van der Waals surface area contributed by atoms with Gasteiger partial charge in [-0.1, -0.05) is 30.3 Å². The number of carbonyl (C=O) groups is 2. The van der Waals surface area contributed by atoms with Crippen LogP contribution < -0.4 is 15.0 Å². The number of benzene rings is 2. The lowest BCUT2D eigenvalue weighted by Crippen LogP contribution is -2.50. The quantitative estimate of drug-likeness (QED) is 0.739. The minimum atomic E-state index is -0.767. The molecule has 148 valence electrons. The molecule has 1 aliphatic rings. The summed E-state index contributed by atoms with van der Waals surface area (Å²) in [4.78, 5) is 31.4. The largest absolute Gasteiger partial charge is 0.477 e. The number of para-hydroxylation sites is 2. The van der Waals surface area contributed by atoms with E-state index in [1.54, 1.807) is 31.0 Å². The predicted molar refractivity (Wildman–Crippen MR) is 108 cm³/mol. The summed E-state index contributed by atoms with van der Waals surface area (Å²) in [7, 11) is 1.54. The third-order valence-electron chi connectivity index (χ3n) is 4.85. The van der Waals surface area contributed by atoms with E-state index in [-0.39, 0.29) is 24.8 Å². The molecule has 4 rings (SSSR count). The highest BCUT2D eigenvalue weighted by atomic mass is 16.5. The number of oxazole rings is 1. The van der Waals surface area contributed by atoms with E-state index in [0.29, 0.717) is 28.8 Å². The van der Waals surface area contributed by atoms with Gasteiger partial charge in [-0.3, -0.25) is 9.59 Å². The minimum Gasteiger partial charge on any atom is -0.477 e. The van der Waals surface area contributed by atoms with E-state index >= 15 is 0 Å². The number of nitrogens with zero attached hydrogens (tertiary/aromatic N) is 2.